The van der Waals surface area contributed by atoms with E-state index in [1.807, 2.05) is 29.6 Å². The van der Waals surface area contributed by atoms with Gasteiger partial charge < -0.3 is 9.47 Å². The molecule has 112 valence electrons. The van der Waals surface area contributed by atoms with Crippen molar-refractivity contribution < 1.29 is 14.3 Å². The van der Waals surface area contributed by atoms with E-state index in [0.717, 1.165) is 16.5 Å². The zero-order chi connectivity index (χ0) is 15.4. The van der Waals surface area contributed by atoms with Gasteiger partial charge in [-0.15, -0.1) is 11.3 Å². The summed E-state index contributed by atoms with van der Waals surface area (Å²) < 4.78 is 11.7. The van der Waals surface area contributed by atoms with Gasteiger partial charge in [0, 0.05) is 17.4 Å². The van der Waals surface area contributed by atoms with Crippen LogP contribution in [0, 0.1) is 0 Å². The molecule has 0 radical (unpaired) electrons. The smallest absolute Gasteiger partial charge is 0.338 e. The third-order valence-corrected chi connectivity index (χ3v) is 4.43. The fraction of sp³-hybridized carbons (Fsp3) is 0.167. The molecule has 22 heavy (non-hydrogen) atoms. The molecule has 0 N–H and O–H groups in total. The molecule has 0 saturated carbocycles. The maximum absolute atomic E-state index is 12.1. The average Bonchev–Trinajstić information content (AvgIpc) is 2.97. The van der Waals surface area contributed by atoms with Crippen LogP contribution in [0.5, 0.6) is 0 Å². The number of hydrogen-bond acceptors (Lipinski definition) is 4. The van der Waals surface area contributed by atoms with Crippen molar-refractivity contribution in [3.8, 4) is 0 Å². The number of carbonyl (C=O) groups excluding carboxylic acids is 1. The summed E-state index contributed by atoms with van der Waals surface area (Å²) in [7, 11) is 1.65. The number of ether oxygens (including phenoxy) is 2. The van der Waals surface area contributed by atoms with Crippen LogP contribution in [0.25, 0.3) is 10.1 Å². The van der Waals surface area contributed by atoms with Gasteiger partial charge in [0.25, 0.3) is 0 Å². The number of thiophene rings is 1. The van der Waals surface area contributed by atoms with Gasteiger partial charge in [-0.1, -0.05) is 30.3 Å². The SMILES string of the molecule is COCc1ccc(C(=O)OCc2csc3ccccc23)cc1. The van der Waals surface area contributed by atoms with Gasteiger partial charge in [0.1, 0.15) is 6.61 Å². The Morgan fingerprint density at radius 1 is 1.05 bits per heavy atom. The number of hydrogen-bond donors (Lipinski definition) is 0. The summed E-state index contributed by atoms with van der Waals surface area (Å²) in [6, 6.07) is 15.4. The van der Waals surface area contributed by atoms with Crippen molar-refractivity contribution >= 4 is 27.4 Å². The average molecular weight is 312 g/mol. The quantitative estimate of drug-likeness (QED) is 0.655. The highest BCUT2D eigenvalue weighted by atomic mass is 32.1. The third-order valence-electron chi connectivity index (χ3n) is 3.42. The topological polar surface area (TPSA) is 35.5 Å². The van der Waals surface area contributed by atoms with Crippen molar-refractivity contribution in [2.75, 3.05) is 7.11 Å². The van der Waals surface area contributed by atoms with Crippen LogP contribution in [-0.2, 0) is 22.7 Å². The lowest BCUT2D eigenvalue weighted by molar-refractivity contribution is 0.0474. The predicted octanol–water partition coefficient (Wildman–Crippen LogP) is 4.40. The Morgan fingerprint density at radius 3 is 2.59 bits per heavy atom. The summed E-state index contributed by atoms with van der Waals surface area (Å²) in [6.07, 6.45) is 0. The molecule has 4 heteroatoms. The second-order valence-electron chi connectivity index (χ2n) is 4.96. The van der Waals surface area contributed by atoms with E-state index >= 15 is 0 Å². The van der Waals surface area contributed by atoms with Crippen LogP contribution in [0.3, 0.4) is 0 Å². The number of methoxy groups -OCH3 is 1. The van der Waals surface area contributed by atoms with Crippen molar-refractivity contribution in [2.24, 2.45) is 0 Å². The summed E-state index contributed by atoms with van der Waals surface area (Å²) in [5.41, 5.74) is 2.63. The van der Waals surface area contributed by atoms with Crippen LogP contribution in [0.1, 0.15) is 21.5 Å². The molecule has 2 aromatic carbocycles. The van der Waals surface area contributed by atoms with Gasteiger partial charge in [0.05, 0.1) is 12.2 Å². The van der Waals surface area contributed by atoms with Crippen LogP contribution < -0.4 is 0 Å². The molecular formula is C18H16O3S. The van der Waals surface area contributed by atoms with Crippen LogP contribution in [0.2, 0.25) is 0 Å². The zero-order valence-electron chi connectivity index (χ0n) is 12.2. The van der Waals surface area contributed by atoms with Gasteiger partial charge in [-0.05, 0) is 34.5 Å². The standard InChI is InChI=1S/C18H16O3S/c1-20-10-13-6-8-14(9-7-13)18(19)21-11-15-12-22-17-5-3-2-4-16(15)17/h2-9,12H,10-11H2,1H3. The molecule has 0 amide bonds. The molecule has 1 aromatic heterocycles. The Labute approximate surface area is 133 Å². The minimum atomic E-state index is -0.306. The second kappa shape index (κ2) is 6.73. The normalized spacial score (nSPS) is 10.8. The molecule has 3 aromatic rings. The fourth-order valence-corrected chi connectivity index (χ4v) is 3.22. The van der Waals surface area contributed by atoms with Gasteiger partial charge in [-0.2, -0.15) is 0 Å². The number of benzene rings is 2. The van der Waals surface area contributed by atoms with Crippen LogP contribution >= 0.6 is 11.3 Å². The molecular weight excluding hydrogens is 296 g/mol. The largest absolute Gasteiger partial charge is 0.457 e. The Balaban J connectivity index is 1.67. The minimum absolute atomic E-state index is 0.294. The maximum Gasteiger partial charge on any atom is 0.338 e. The van der Waals surface area contributed by atoms with Gasteiger partial charge in [-0.3, -0.25) is 0 Å². The lowest BCUT2D eigenvalue weighted by Gasteiger charge is -2.05. The van der Waals surface area contributed by atoms with E-state index in [1.54, 1.807) is 30.6 Å². The Kier molecular flexibility index (Phi) is 4.51. The van der Waals surface area contributed by atoms with Gasteiger partial charge in [0.15, 0.2) is 0 Å². The predicted molar refractivity (Wildman–Crippen MR) is 88.1 cm³/mol. The van der Waals surface area contributed by atoms with Crippen molar-refractivity contribution in [2.45, 2.75) is 13.2 Å². The molecule has 0 atom stereocenters. The lowest BCUT2D eigenvalue weighted by Crippen LogP contribution is -2.05. The molecule has 0 spiro atoms. The molecule has 0 aliphatic rings. The van der Waals surface area contributed by atoms with E-state index in [-0.39, 0.29) is 5.97 Å². The monoisotopic (exact) mass is 312 g/mol. The summed E-state index contributed by atoms with van der Waals surface area (Å²) in [5.74, 6) is -0.306. The molecule has 0 aliphatic heterocycles. The van der Waals surface area contributed by atoms with Crippen molar-refractivity contribution in [3.05, 3.63) is 70.6 Å². The number of esters is 1. The third kappa shape index (κ3) is 3.18. The van der Waals surface area contributed by atoms with Crippen molar-refractivity contribution in [1.82, 2.24) is 0 Å². The summed E-state index contributed by atoms with van der Waals surface area (Å²) in [4.78, 5) is 12.1. The summed E-state index contributed by atoms with van der Waals surface area (Å²) >= 11 is 1.66. The van der Waals surface area contributed by atoms with Crippen LogP contribution in [0.15, 0.2) is 53.9 Å². The maximum atomic E-state index is 12.1. The van der Waals surface area contributed by atoms with E-state index < -0.39 is 0 Å². The highest BCUT2D eigenvalue weighted by molar-refractivity contribution is 7.17. The molecule has 1 heterocycles. The van der Waals surface area contributed by atoms with Crippen molar-refractivity contribution in [1.29, 1.82) is 0 Å². The molecule has 0 fully saturated rings. The van der Waals surface area contributed by atoms with Gasteiger partial charge >= 0.3 is 5.97 Å². The van der Waals surface area contributed by atoms with E-state index in [4.69, 9.17) is 9.47 Å². The fourth-order valence-electron chi connectivity index (χ4n) is 2.27. The summed E-state index contributed by atoms with van der Waals surface area (Å²) in [6.45, 7) is 0.832. The Morgan fingerprint density at radius 2 is 1.82 bits per heavy atom. The second-order valence-corrected chi connectivity index (χ2v) is 5.87. The van der Waals surface area contributed by atoms with Crippen molar-refractivity contribution in [3.63, 3.8) is 0 Å². The molecule has 3 nitrogen and oxygen atoms in total. The zero-order valence-corrected chi connectivity index (χ0v) is 13.1. The molecule has 0 unspecified atom stereocenters. The van der Waals surface area contributed by atoms with E-state index in [1.165, 1.54) is 4.70 Å². The Bertz CT molecular complexity index is 774. The molecule has 3 rings (SSSR count). The number of fused-ring (bicyclic) bond motifs is 1. The minimum Gasteiger partial charge on any atom is -0.457 e. The first-order valence-electron chi connectivity index (χ1n) is 6.98. The molecule has 0 aliphatic carbocycles. The molecule has 0 bridgehead atoms. The number of rotatable bonds is 5. The van der Waals surface area contributed by atoms with Gasteiger partial charge in [-0.25, -0.2) is 4.79 Å². The van der Waals surface area contributed by atoms with E-state index in [2.05, 4.69) is 12.1 Å². The first kappa shape index (κ1) is 14.8. The first-order chi connectivity index (χ1) is 10.8. The highest BCUT2D eigenvalue weighted by Gasteiger charge is 2.09. The molecule has 0 saturated heterocycles. The van der Waals surface area contributed by atoms with E-state index in [9.17, 15) is 4.79 Å². The Hall–Kier alpha value is -2.17. The van der Waals surface area contributed by atoms with Gasteiger partial charge in [0.2, 0.25) is 0 Å². The number of carbonyl (C=O) groups is 1. The lowest BCUT2D eigenvalue weighted by atomic mass is 10.1. The van der Waals surface area contributed by atoms with Crippen LogP contribution in [0.4, 0.5) is 0 Å². The summed E-state index contributed by atoms with van der Waals surface area (Å²) in [5, 5.41) is 3.19. The first-order valence-corrected chi connectivity index (χ1v) is 7.86. The van der Waals surface area contributed by atoms with Crippen LogP contribution in [-0.4, -0.2) is 13.1 Å². The van der Waals surface area contributed by atoms with E-state index in [0.29, 0.717) is 18.8 Å². The highest BCUT2D eigenvalue weighted by Crippen LogP contribution is 2.26.